The molecule has 0 bridgehead atoms. The second-order valence-electron chi connectivity index (χ2n) is 3.30. The van der Waals surface area contributed by atoms with Gasteiger partial charge in [0.1, 0.15) is 9.21 Å². The van der Waals surface area contributed by atoms with E-state index < -0.39 is 4.92 Å². The SMILES string of the molecule is O=[N+]([O-])c1ccc(Sc2cc(Br)nc(Br)c2)cc1. The van der Waals surface area contributed by atoms with Gasteiger partial charge in [0.25, 0.3) is 5.69 Å². The molecule has 18 heavy (non-hydrogen) atoms. The summed E-state index contributed by atoms with van der Waals surface area (Å²) < 4.78 is 1.47. The Labute approximate surface area is 124 Å². The highest BCUT2D eigenvalue weighted by atomic mass is 79.9. The fourth-order valence-electron chi connectivity index (χ4n) is 1.27. The summed E-state index contributed by atoms with van der Waals surface area (Å²) in [5.41, 5.74) is 0.0939. The third-order valence-electron chi connectivity index (χ3n) is 2.02. The number of pyridine rings is 1. The van der Waals surface area contributed by atoms with Gasteiger partial charge in [-0.3, -0.25) is 10.1 Å². The van der Waals surface area contributed by atoms with Crippen molar-refractivity contribution >= 4 is 49.3 Å². The molecule has 1 aromatic heterocycles. The molecule has 0 aliphatic carbocycles. The van der Waals surface area contributed by atoms with E-state index >= 15 is 0 Å². The van der Waals surface area contributed by atoms with Crippen molar-refractivity contribution in [1.82, 2.24) is 4.98 Å². The molecule has 92 valence electrons. The number of benzene rings is 1. The number of rotatable bonds is 3. The van der Waals surface area contributed by atoms with Crippen LogP contribution in [-0.4, -0.2) is 9.91 Å². The van der Waals surface area contributed by atoms with E-state index in [1.165, 1.54) is 23.9 Å². The largest absolute Gasteiger partial charge is 0.269 e. The Morgan fingerprint density at radius 1 is 1.06 bits per heavy atom. The van der Waals surface area contributed by atoms with Crippen LogP contribution in [0, 0.1) is 10.1 Å². The second-order valence-corrected chi connectivity index (χ2v) is 6.07. The molecule has 4 nitrogen and oxygen atoms in total. The summed E-state index contributed by atoms with van der Waals surface area (Å²) in [4.78, 5) is 16.2. The average molecular weight is 390 g/mol. The molecule has 0 N–H and O–H groups in total. The molecule has 0 spiro atoms. The lowest BCUT2D eigenvalue weighted by Crippen LogP contribution is -1.86. The Morgan fingerprint density at radius 2 is 1.61 bits per heavy atom. The van der Waals surface area contributed by atoms with Crippen molar-refractivity contribution in [3.8, 4) is 0 Å². The highest BCUT2D eigenvalue weighted by molar-refractivity contribution is 9.11. The minimum absolute atomic E-state index is 0.0939. The van der Waals surface area contributed by atoms with Crippen LogP contribution in [0.2, 0.25) is 0 Å². The predicted octanol–water partition coefficient (Wildman–Crippen LogP) is 4.67. The quantitative estimate of drug-likeness (QED) is 0.435. The van der Waals surface area contributed by atoms with E-state index in [2.05, 4.69) is 36.8 Å². The Hall–Kier alpha value is -0.920. The van der Waals surface area contributed by atoms with Crippen molar-refractivity contribution in [2.45, 2.75) is 9.79 Å². The third-order valence-corrected chi connectivity index (χ3v) is 3.81. The van der Waals surface area contributed by atoms with E-state index in [4.69, 9.17) is 0 Å². The standard InChI is InChI=1S/C11H6Br2N2O2S/c12-10-5-9(6-11(13)14-10)18-8-3-1-7(2-4-8)15(16)17/h1-6H. The van der Waals surface area contributed by atoms with Gasteiger partial charge in [0.15, 0.2) is 0 Å². The lowest BCUT2D eigenvalue weighted by molar-refractivity contribution is -0.384. The van der Waals surface area contributed by atoms with Gasteiger partial charge in [0.05, 0.1) is 4.92 Å². The van der Waals surface area contributed by atoms with Crippen LogP contribution in [0.5, 0.6) is 0 Å². The maximum atomic E-state index is 10.5. The molecule has 0 aliphatic rings. The van der Waals surface area contributed by atoms with Crippen LogP contribution in [0.3, 0.4) is 0 Å². The lowest BCUT2D eigenvalue weighted by atomic mass is 10.3. The Bertz CT molecular complexity index is 570. The molecule has 0 atom stereocenters. The van der Waals surface area contributed by atoms with Crippen LogP contribution in [0.25, 0.3) is 0 Å². The number of nitro groups is 1. The zero-order valence-electron chi connectivity index (χ0n) is 8.84. The van der Waals surface area contributed by atoms with E-state index in [1.807, 2.05) is 12.1 Å². The van der Waals surface area contributed by atoms with Crippen LogP contribution >= 0.6 is 43.6 Å². The summed E-state index contributed by atoms with van der Waals surface area (Å²) in [5.74, 6) is 0. The Kier molecular flexibility index (Phi) is 4.36. The first-order valence-electron chi connectivity index (χ1n) is 4.80. The van der Waals surface area contributed by atoms with Crippen molar-refractivity contribution in [2.75, 3.05) is 0 Å². The number of halogens is 2. The number of nitro benzene ring substituents is 1. The first-order chi connectivity index (χ1) is 8.54. The molecule has 7 heteroatoms. The summed E-state index contributed by atoms with van der Waals surface area (Å²) in [6.45, 7) is 0. The molecule has 0 saturated carbocycles. The fourth-order valence-corrected chi connectivity index (χ4v) is 3.58. The van der Waals surface area contributed by atoms with Crippen LogP contribution in [0.15, 0.2) is 55.4 Å². The van der Waals surface area contributed by atoms with Gasteiger partial charge in [0.2, 0.25) is 0 Å². The Balaban J connectivity index is 2.20. The Morgan fingerprint density at radius 3 is 2.11 bits per heavy atom. The maximum absolute atomic E-state index is 10.5. The second kappa shape index (κ2) is 5.81. The monoisotopic (exact) mass is 388 g/mol. The van der Waals surface area contributed by atoms with Gasteiger partial charge in [-0.05, 0) is 56.1 Å². The molecule has 0 amide bonds. The van der Waals surface area contributed by atoms with Gasteiger partial charge in [0, 0.05) is 21.9 Å². The number of aromatic nitrogens is 1. The molecule has 1 heterocycles. The maximum Gasteiger partial charge on any atom is 0.269 e. The van der Waals surface area contributed by atoms with Gasteiger partial charge in [-0.15, -0.1) is 0 Å². The lowest BCUT2D eigenvalue weighted by Gasteiger charge is -2.02. The zero-order chi connectivity index (χ0) is 13.1. The van der Waals surface area contributed by atoms with Crippen molar-refractivity contribution in [2.24, 2.45) is 0 Å². The smallest absolute Gasteiger partial charge is 0.258 e. The molecule has 0 unspecified atom stereocenters. The summed E-state index contributed by atoms with van der Waals surface area (Å²) >= 11 is 8.14. The van der Waals surface area contributed by atoms with Gasteiger partial charge < -0.3 is 0 Å². The molecule has 0 aliphatic heterocycles. The fraction of sp³-hybridized carbons (Fsp3) is 0. The minimum Gasteiger partial charge on any atom is -0.258 e. The van der Waals surface area contributed by atoms with E-state index in [0.717, 1.165) is 19.0 Å². The zero-order valence-corrected chi connectivity index (χ0v) is 12.8. The van der Waals surface area contributed by atoms with Crippen molar-refractivity contribution in [1.29, 1.82) is 0 Å². The molecule has 2 rings (SSSR count). The number of nitrogens with zero attached hydrogens (tertiary/aromatic N) is 2. The number of hydrogen-bond acceptors (Lipinski definition) is 4. The van der Waals surface area contributed by atoms with Crippen molar-refractivity contribution < 1.29 is 4.92 Å². The topological polar surface area (TPSA) is 56.0 Å². The van der Waals surface area contributed by atoms with Crippen LogP contribution in [0.4, 0.5) is 5.69 Å². The summed E-state index contributed by atoms with van der Waals surface area (Å²) in [5, 5.41) is 10.5. The summed E-state index contributed by atoms with van der Waals surface area (Å²) in [6, 6.07) is 10.2. The molecular weight excluding hydrogens is 384 g/mol. The normalized spacial score (nSPS) is 10.3. The first kappa shape index (κ1) is 13.5. The molecule has 1 aromatic carbocycles. The van der Waals surface area contributed by atoms with E-state index in [0.29, 0.717) is 0 Å². The highest BCUT2D eigenvalue weighted by Gasteiger charge is 2.06. The number of non-ortho nitro benzene ring substituents is 1. The molecule has 0 fully saturated rings. The summed E-state index contributed by atoms with van der Waals surface area (Å²) in [6.07, 6.45) is 0. The van der Waals surface area contributed by atoms with Crippen LogP contribution in [-0.2, 0) is 0 Å². The van der Waals surface area contributed by atoms with Gasteiger partial charge in [-0.2, -0.15) is 0 Å². The third kappa shape index (κ3) is 3.54. The van der Waals surface area contributed by atoms with Crippen molar-refractivity contribution in [3.63, 3.8) is 0 Å². The van der Waals surface area contributed by atoms with Crippen LogP contribution in [0.1, 0.15) is 0 Å². The van der Waals surface area contributed by atoms with Gasteiger partial charge in [-0.25, -0.2) is 4.98 Å². The molecular formula is C11H6Br2N2O2S. The molecule has 0 radical (unpaired) electrons. The predicted molar refractivity (Wildman–Crippen MR) is 76.9 cm³/mol. The first-order valence-corrected chi connectivity index (χ1v) is 7.20. The highest BCUT2D eigenvalue weighted by Crippen LogP contribution is 2.31. The van der Waals surface area contributed by atoms with Crippen molar-refractivity contribution in [3.05, 3.63) is 55.7 Å². The van der Waals surface area contributed by atoms with E-state index in [9.17, 15) is 10.1 Å². The number of hydrogen-bond donors (Lipinski definition) is 0. The molecule has 2 aromatic rings. The average Bonchev–Trinajstić information content (AvgIpc) is 2.28. The minimum atomic E-state index is -0.409. The summed E-state index contributed by atoms with van der Waals surface area (Å²) in [7, 11) is 0. The van der Waals surface area contributed by atoms with Gasteiger partial charge >= 0.3 is 0 Å². The van der Waals surface area contributed by atoms with E-state index in [1.54, 1.807) is 12.1 Å². The van der Waals surface area contributed by atoms with Crippen LogP contribution < -0.4 is 0 Å². The van der Waals surface area contributed by atoms with E-state index in [-0.39, 0.29) is 5.69 Å². The molecule has 0 saturated heterocycles. The van der Waals surface area contributed by atoms with Gasteiger partial charge in [-0.1, -0.05) is 11.8 Å².